The van der Waals surface area contributed by atoms with Gasteiger partial charge in [0.25, 0.3) is 0 Å². The summed E-state index contributed by atoms with van der Waals surface area (Å²) in [5.74, 6) is -0.224. The van der Waals surface area contributed by atoms with Gasteiger partial charge < -0.3 is 9.84 Å². The van der Waals surface area contributed by atoms with Crippen molar-refractivity contribution >= 4 is 17.6 Å². The average Bonchev–Trinajstić information content (AvgIpc) is 2.23. The van der Waals surface area contributed by atoms with E-state index in [1.807, 2.05) is 19.1 Å². The number of methoxy groups -OCH3 is 1. The molecule has 0 heterocycles. The largest absolute Gasteiger partial charge is 0.495 e. The topological polar surface area (TPSA) is 46.5 Å². The van der Waals surface area contributed by atoms with Gasteiger partial charge >= 0.3 is 5.97 Å². The molecule has 0 spiro atoms. The van der Waals surface area contributed by atoms with Crippen LogP contribution < -0.4 is 4.74 Å². The van der Waals surface area contributed by atoms with E-state index in [-0.39, 0.29) is 0 Å². The molecule has 1 aromatic carbocycles. The summed E-state index contributed by atoms with van der Waals surface area (Å²) in [4.78, 5) is 11.1. The number of ether oxygens (including phenoxy) is 1. The van der Waals surface area contributed by atoms with Crippen LogP contribution in [0.25, 0.3) is 0 Å². The molecule has 4 heteroatoms. The van der Waals surface area contributed by atoms with Crippen LogP contribution >= 0.6 is 11.6 Å². The van der Waals surface area contributed by atoms with Crippen molar-refractivity contribution in [3.05, 3.63) is 28.3 Å². The maximum atomic E-state index is 11.1. The molecule has 1 rings (SSSR count). The highest BCUT2D eigenvalue weighted by Crippen LogP contribution is 2.35. The number of rotatable bonds is 4. The molecule has 0 atom stereocenters. The van der Waals surface area contributed by atoms with Crippen molar-refractivity contribution in [2.75, 3.05) is 7.11 Å². The lowest BCUT2D eigenvalue weighted by Crippen LogP contribution is -2.26. The van der Waals surface area contributed by atoms with Gasteiger partial charge in [0.15, 0.2) is 0 Å². The van der Waals surface area contributed by atoms with E-state index in [9.17, 15) is 4.79 Å². The minimum absolute atomic E-state index is 0.373. The molecule has 0 unspecified atom stereocenters. The molecule has 0 aromatic heterocycles. The van der Waals surface area contributed by atoms with Gasteiger partial charge in [0.1, 0.15) is 5.75 Å². The molecule has 0 aliphatic rings. The number of carbonyl (C=O) groups is 1. The first kappa shape index (κ1) is 13.8. The lowest BCUT2D eigenvalue weighted by Gasteiger charge is -2.21. The van der Waals surface area contributed by atoms with Crippen molar-refractivity contribution in [3.63, 3.8) is 0 Å². The van der Waals surface area contributed by atoms with E-state index in [1.165, 1.54) is 0 Å². The first-order valence-electron chi connectivity index (χ1n) is 5.35. The fraction of sp³-hybridized carbons (Fsp3) is 0.462. The Morgan fingerprint density at radius 2 is 2.06 bits per heavy atom. The number of benzene rings is 1. The fourth-order valence-corrected chi connectivity index (χ4v) is 1.99. The van der Waals surface area contributed by atoms with Crippen LogP contribution in [-0.4, -0.2) is 18.2 Å². The predicted molar refractivity (Wildman–Crippen MR) is 67.9 cm³/mol. The van der Waals surface area contributed by atoms with E-state index in [4.69, 9.17) is 21.4 Å². The lowest BCUT2D eigenvalue weighted by molar-refractivity contribution is -0.146. The van der Waals surface area contributed by atoms with Crippen LogP contribution in [0.15, 0.2) is 12.1 Å². The summed E-state index contributed by atoms with van der Waals surface area (Å²) in [5.41, 5.74) is 0.889. The van der Waals surface area contributed by atoms with Crippen LogP contribution in [0.5, 0.6) is 5.75 Å². The molecular weight excluding hydrogens is 240 g/mol. The minimum atomic E-state index is -0.843. The van der Waals surface area contributed by atoms with E-state index >= 15 is 0 Å². The third-order valence-corrected chi connectivity index (χ3v) is 3.20. The average molecular weight is 257 g/mol. The van der Waals surface area contributed by atoms with Crippen molar-refractivity contribution in [1.82, 2.24) is 0 Å². The minimum Gasteiger partial charge on any atom is -0.495 e. The van der Waals surface area contributed by atoms with Crippen LogP contribution in [0.4, 0.5) is 0 Å². The number of hydrogen-bond donors (Lipinski definition) is 1. The van der Waals surface area contributed by atoms with Crippen LogP contribution in [0.3, 0.4) is 0 Å². The number of aliphatic carboxylic acids is 1. The second kappa shape index (κ2) is 4.96. The molecule has 1 aromatic rings. The van der Waals surface area contributed by atoms with Crippen molar-refractivity contribution < 1.29 is 14.6 Å². The first-order chi connectivity index (χ1) is 7.79. The molecule has 0 saturated carbocycles. The van der Waals surface area contributed by atoms with Crippen molar-refractivity contribution in [2.45, 2.75) is 27.2 Å². The number of hydrogen-bond acceptors (Lipinski definition) is 2. The second-order valence-corrected chi connectivity index (χ2v) is 5.13. The van der Waals surface area contributed by atoms with Gasteiger partial charge in [-0.15, -0.1) is 0 Å². The molecule has 1 N–H and O–H groups in total. The number of carboxylic acids is 1. The maximum Gasteiger partial charge on any atom is 0.309 e. The maximum absolute atomic E-state index is 11.1. The summed E-state index contributed by atoms with van der Waals surface area (Å²) in [6.07, 6.45) is 0.373. The van der Waals surface area contributed by atoms with Gasteiger partial charge in [-0.05, 0) is 38.3 Å². The Bertz CT molecular complexity index is 439. The van der Waals surface area contributed by atoms with E-state index in [1.54, 1.807) is 21.0 Å². The van der Waals surface area contributed by atoms with Crippen molar-refractivity contribution in [1.29, 1.82) is 0 Å². The molecule has 0 aliphatic carbocycles. The Morgan fingerprint density at radius 3 is 2.53 bits per heavy atom. The second-order valence-electron chi connectivity index (χ2n) is 4.75. The third-order valence-electron chi connectivity index (χ3n) is 2.79. The third kappa shape index (κ3) is 2.91. The monoisotopic (exact) mass is 256 g/mol. The van der Waals surface area contributed by atoms with Crippen LogP contribution in [0.1, 0.15) is 25.0 Å². The summed E-state index contributed by atoms with van der Waals surface area (Å²) >= 11 is 6.21. The SMILES string of the molecule is COc1c(C)ccc(CC(C)(C)C(=O)O)c1Cl. The van der Waals surface area contributed by atoms with Gasteiger partial charge in [-0.2, -0.15) is 0 Å². The summed E-state index contributed by atoms with van der Waals surface area (Å²) < 4.78 is 5.21. The zero-order chi connectivity index (χ0) is 13.2. The Labute approximate surface area is 106 Å². The van der Waals surface area contributed by atoms with Gasteiger partial charge in [-0.3, -0.25) is 4.79 Å². The van der Waals surface area contributed by atoms with Gasteiger partial charge in [0.05, 0.1) is 17.5 Å². The van der Waals surface area contributed by atoms with E-state index in [2.05, 4.69) is 0 Å². The summed E-state index contributed by atoms with van der Waals surface area (Å²) in [6, 6.07) is 3.74. The van der Waals surface area contributed by atoms with E-state index < -0.39 is 11.4 Å². The zero-order valence-electron chi connectivity index (χ0n) is 10.5. The highest BCUT2D eigenvalue weighted by atomic mass is 35.5. The molecule has 0 bridgehead atoms. The quantitative estimate of drug-likeness (QED) is 0.899. The Balaban J connectivity index is 3.13. The Morgan fingerprint density at radius 1 is 1.47 bits per heavy atom. The van der Waals surface area contributed by atoms with Gasteiger partial charge in [0.2, 0.25) is 0 Å². The molecular formula is C13H17ClO3. The summed E-state index contributed by atoms with van der Waals surface area (Å²) in [6.45, 7) is 5.26. The van der Waals surface area contributed by atoms with Gasteiger partial charge in [0, 0.05) is 0 Å². The highest BCUT2D eigenvalue weighted by molar-refractivity contribution is 6.33. The normalized spacial score (nSPS) is 11.4. The van der Waals surface area contributed by atoms with Crippen LogP contribution in [-0.2, 0) is 11.2 Å². The Kier molecular flexibility index (Phi) is 4.04. The van der Waals surface area contributed by atoms with Crippen molar-refractivity contribution in [2.24, 2.45) is 5.41 Å². The molecule has 0 fully saturated rings. The standard InChI is InChI=1S/C13H17ClO3/c1-8-5-6-9(10(14)11(8)17-4)7-13(2,3)12(15)16/h5-6H,7H2,1-4H3,(H,15,16). The molecule has 0 aliphatic heterocycles. The van der Waals surface area contributed by atoms with Crippen LogP contribution in [0, 0.1) is 12.3 Å². The molecule has 0 radical (unpaired) electrons. The van der Waals surface area contributed by atoms with E-state index in [0.29, 0.717) is 17.2 Å². The molecule has 17 heavy (non-hydrogen) atoms. The first-order valence-corrected chi connectivity index (χ1v) is 5.72. The molecule has 94 valence electrons. The molecule has 3 nitrogen and oxygen atoms in total. The van der Waals surface area contributed by atoms with Gasteiger partial charge in [-0.25, -0.2) is 0 Å². The lowest BCUT2D eigenvalue weighted by atomic mass is 9.85. The number of aryl methyl sites for hydroxylation is 1. The highest BCUT2D eigenvalue weighted by Gasteiger charge is 2.28. The smallest absolute Gasteiger partial charge is 0.309 e. The summed E-state index contributed by atoms with van der Waals surface area (Å²) in [5, 5.41) is 9.60. The fourth-order valence-electron chi connectivity index (χ4n) is 1.63. The van der Waals surface area contributed by atoms with Crippen molar-refractivity contribution in [3.8, 4) is 5.75 Å². The molecule has 0 amide bonds. The van der Waals surface area contributed by atoms with Crippen LogP contribution in [0.2, 0.25) is 5.02 Å². The Hall–Kier alpha value is -1.22. The number of halogens is 1. The van der Waals surface area contributed by atoms with E-state index in [0.717, 1.165) is 11.1 Å². The number of carboxylic acid groups (broad SMARTS) is 1. The summed E-state index contributed by atoms with van der Waals surface area (Å²) in [7, 11) is 1.56. The molecule has 0 saturated heterocycles. The predicted octanol–water partition coefficient (Wildman–Crippen LogP) is 3.31. The van der Waals surface area contributed by atoms with Gasteiger partial charge in [-0.1, -0.05) is 23.7 Å². The zero-order valence-corrected chi connectivity index (χ0v) is 11.3.